The van der Waals surface area contributed by atoms with E-state index in [1.807, 2.05) is 0 Å². The zero-order valence-corrected chi connectivity index (χ0v) is 9.63. The van der Waals surface area contributed by atoms with E-state index < -0.39 is 0 Å². The van der Waals surface area contributed by atoms with Crippen molar-refractivity contribution in [1.82, 2.24) is 9.78 Å². The van der Waals surface area contributed by atoms with Gasteiger partial charge in [0.25, 0.3) is 5.56 Å². The predicted molar refractivity (Wildman–Crippen MR) is 59.7 cm³/mol. The van der Waals surface area contributed by atoms with E-state index in [1.54, 1.807) is 25.4 Å². The van der Waals surface area contributed by atoms with Crippen LogP contribution in [0.1, 0.15) is 0 Å². The molecule has 14 heavy (non-hydrogen) atoms. The molecule has 0 aliphatic carbocycles. The van der Waals surface area contributed by atoms with Crippen molar-refractivity contribution in [2.75, 3.05) is 0 Å². The molecule has 3 nitrogen and oxygen atoms in total. The minimum Gasteiger partial charge on any atom is -0.267 e. The zero-order valence-electron chi connectivity index (χ0n) is 7.29. The number of aryl methyl sites for hydroxylation is 1. The number of halogens is 2. The molecule has 0 radical (unpaired) electrons. The highest BCUT2D eigenvalue weighted by atomic mass is 79.9. The Hall–Kier alpha value is -0.870. The normalized spacial score (nSPS) is 10.8. The van der Waals surface area contributed by atoms with Crippen LogP contribution in [0.4, 0.5) is 0 Å². The van der Waals surface area contributed by atoms with Gasteiger partial charge in [-0.25, -0.2) is 4.68 Å². The van der Waals surface area contributed by atoms with Gasteiger partial charge in [0, 0.05) is 16.9 Å². The van der Waals surface area contributed by atoms with Crippen molar-refractivity contribution in [2.45, 2.75) is 0 Å². The van der Waals surface area contributed by atoms with E-state index >= 15 is 0 Å². The van der Waals surface area contributed by atoms with Gasteiger partial charge in [-0.05, 0) is 28.1 Å². The van der Waals surface area contributed by atoms with Gasteiger partial charge in [-0.1, -0.05) is 11.6 Å². The molecular weight excluding hydrogens is 267 g/mol. The largest absolute Gasteiger partial charge is 0.274 e. The van der Waals surface area contributed by atoms with E-state index in [2.05, 4.69) is 21.0 Å². The molecule has 0 bridgehead atoms. The van der Waals surface area contributed by atoms with E-state index in [0.29, 0.717) is 15.8 Å². The summed E-state index contributed by atoms with van der Waals surface area (Å²) in [4.78, 5) is 11.6. The Labute approximate surface area is 93.4 Å². The van der Waals surface area contributed by atoms with Crippen LogP contribution >= 0.6 is 27.5 Å². The number of aromatic nitrogens is 2. The molecule has 0 unspecified atom stereocenters. The van der Waals surface area contributed by atoms with E-state index in [1.165, 1.54) is 4.68 Å². The summed E-state index contributed by atoms with van der Waals surface area (Å²) < 4.78 is 2.05. The number of hydrogen-bond donors (Lipinski definition) is 0. The number of rotatable bonds is 0. The summed E-state index contributed by atoms with van der Waals surface area (Å²) in [5.41, 5.74) is -0.142. The molecule has 2 aromatic rings. The summed E-state index contributed by atoms with van der Waals surface area (Å²) in [7, 11) is 1.61. The van der Waals surface area contributed by atoms with Crippen LogP contribution in [-0.2, 0) is 7.05 Å². The quantitative estimate of drug-likeness (QED) is 0.738. The lowest BCUT2D eigenvalue weighted by Crippen LogP contribution is -2.18. The maximum Gasteiger partial charge on any atom is 0.274 e. The smallest absolute Gasteiger partial charge is 0.267 e. The monoisotopic (exact) mass is 272 g/mol. The first-order chi connectivity index (χ1) is 6.61. The molecule has 0 N–H and O–H groups in total. The van der Waals surface area contributed by atoms with E-state index in [0.717, 1.165) is 4.47 Å². The van der Waals surface area contributed by atoms with Gasteiger partial charge in [0.2, 0.25) is 0 Å². The molecule has 0 spiro atoms. The van der Waals surface area contributed by atoms with E-state index in [4.69, 9.17) is 11.6 Å². The highest BCUT2D eigenvalue weighted by Crippen LogP contribution is 2.28. The molecule has 0 fully saturated rings. The summed E-state index contributed by atoms with van der Waals surface area (Å²) in [5.74, 6) is 0. The Morgan fingerprint density at radius 3 is 2.86 bits per heavy atom. The Balaban J connectivity index is 3.02. The molecule has 0 saturated carbocycles. The van der Waals surface area contributed by atoms with Crippen molar-refractivity contribution >= 4 is 38.3 Å². The standard InChI is InChI=1S/C9H6BrClN2O/c1-13-9(14)5-2-3-7(10)8(11)6(5)4-12-13/h2-4H,1H3. The van der Waals surface area contributed by atoms with Gasteiger partial charge in [-0.15, -0.1) is 0 Å². The third-order valence-corrected chi connectivity index (χ3v) is 3.31. The van der Waals surface area contributed by atoms with Crippen molar-refractivity contribution in [1.29, 1.82) is 0 Å². The van der Waals surface area contributed by atoms with Crippen molar-refractivity contribution in [3.05, 3.63) is 38.2 Å². The van der Waals surface area contributed by atoms with Gasteiger partial charge in [-0.2, -0.15) is 5.10 Å². The molecule has 1 aromatic heterocycles. The van der Waals surface area contributed by atoms with Crippen LogP contribution in [0.25, 0.3) is 10.8 Å². The van der Waals surface area contributed by atoms with Crippen molar-refractivity contribution in [3.8, 4) is 0 Å². The van der Waals surface area contributed by atoms with Crippen LogP contribution in [0.2, 0.25) is 5.02 Å². The SMILES string of the molecule is Cn1ncc2c(Cl)c(Br)ccc2c1=O. The summed E-state index contributed by atoms with van der Waals surface area (Å²) in [6.45, 7) is 0. The van der Waals surface area contributed by atoms with Gasteiger partial charge >= 0.3 is 0 Å². The maximum atomic E-state index is 11.6. The van der Waals surface area contributed by atoms with Crippen LogP contribution in [0.3, 0.4) is 0 Å². The fourth-order valence-corrected chi connectivity index (χ4v) is 1.81. The Morgan fingerprint density at radius 2 is 2.14 bits per heavy atom. The van der Waals surface area contributed by atoms with Crippen LogP contribution in [0.5, 0.6) is 0 Å². The second-order valence-corrected chi connectivity index (χ2v) is 4.13. The first-order valence-electron chi connectivity index (χ1n) is 3.91. The average molecular weight is 274 g/mol. The predicted octanol–water partition coefficient (Wildman–Crippen LogP) is 2.35. The molecule has 72 valence electrons. The zero-order chi connectivity index (χ0) is 10.3. The molecule has 0 aliphatic rings. The van der Waals surface area contributed by atoms with E-state index in [9.17, 15) is 4.79 Å². The lowest BCUT2D eigenvalue weighted by atomic mass is 10.2. The van der Waals surface area contributed by atoms with Gasteiger partial charge in [-0.3, -0.25) is 4.79 Å². The first-order valence-corrected chi connectivity index (χ1v) is 5.08. The topological polar surface area (TPSA) is 34.9 Å². The molecule has 0 atom stereocenters. The molecule has 0 amide bonds. The Bertz CT molecular complexity index is 564. The lowest BCUT2D eigenvalue weighted by molar-refractivity contribution is 0.718. The fourth-order valence-electron chi connectivity index (χ4n) is 1.25. The third-order valence-electron chi connectivity index (χ3n) is 2.02. The number of benzene rings is 1. The summed E-state index contributed by atoms with van der Waals surface area (Å²) in [6.07, 6.45) is 1.59. The minimum atomic E-state index is -0.142. The number of nitrogens with zero attached hydrogens (tertiary/aromatic N) is 2. The first kappa shape index (κ1) is 9.68. The fraction of sp³-hybridized carbons (Fsp3) is 0.111. The summed E-state index contributed by atoms with van der Waals surface area (Å²) in [6, 6.07) is 3.49. The van der Waals surface area contributed by atoms with Crippen molar-refractivity contribution in [3.63, 3.8) is 0 Å². The molecule has 0 saturated heterocycles. The number of fused-ring (bicyclic) bond motifs is 1. The number of hydrogen-bond acceptors (Lipinski definition) is 2. The third kappa shape index (κ3) is 1.35. The highest BCUT2D eigenvalue weighted by molar-refractivity contribution is 9.10. The molecule has 0 aliphatic heterocycles. The van der Waals surface area contributed by atoms with Gasteiger partial charge < -0.3 is 0 Å². The highest BCUT2D eigenvalue weighted by Gasteiger charge is 2.07. The van der Waals surface area contributed by atoms with Crippen LogP contribution in [-0.4, -0.2) is 9.78 Å². The minimum absolute atomic E-state index is 0.142. The Morgan fingerprint density at radius 1 is 1.43 bits per heavy atom. The average Bonchev–Trinajstić information content (AvgIpc) is 2.17. The van der Waals surface area contributed by atoms with Gasteiger partial charge in [0.1, 0.15) is 0 Å². The molecule has 5 heteroatoms. The lowest BCUT2D eigenvalue weighted by Gasteiger charge is -2.02. The van der Waals surface area contributed by atoms with Crippen LogP contribution < -0.4 is 5.56 Å². The maximum absolute atomic E-state index is 11.6. The molecule has 1 heterocycles. The van der Waals surface area contributed by atoms with Gasteiger partial charge in [0.05, 0.1) is 16.6 Å². The second-order valence-electron chi connectivity index (χ2n) is 2.90. The molecular formula is C9H6BrClN2O. The Kier molecular flexibility index (Phi) is 2.33. The molecule has 1 aromatic carbocycles. The van der Waals surface area contributed by atoms with Crippen LogP contribution in [0, 0.1) is 0 Å². The van der Waals surface area contributed by atoms with Crippen LogP contribution in [0.15, 0.2) is 27.6 Å². The summed E-state index contributed by atoms with van der Waals surface area (Å²) in [5, 5.41) is 5.68. The van der Waals surface area contributed by atoms with Crippen molar-refractivity contribution in [2.24, 2.45) is 7.05 Å². The second kappa shape index (κ2) is 3.37. The van der Waals surface area contributed by atoms with Crippen molar-refractivity contribution < 1.29 is 0 Å². The molecule has 2 rings (SSSR count). The van der Waals surface area contributed by atoms with E-state index in [-0.39, 0.29) is 5.56 Å². The van der Waals surface area contributed by atoms with Gasteiger partial charge in [0.15, 0.2) is 0 Å². The summed E-state index contributed by atoms with van der Waals surface area (Å²) >= 11 is 9.31.